The summed E-state index contributed by atoms with van der Waals surface area (Å²) in [6.07, 6.45) is 2.66. The number of nitrogens with zero attached hydrogens (tertiary/aromatic N) is 1. The van der Waals surface area contributed by atoms with Gasteiger partial charge in [-0.25, -0.2) is 0 Å². The second-order valence-corrected chi connectivity index (χ2v) is 4.14. The van der Waals surface area contributed by atoms with Crippen LogP contribution in [0.1, 0.15) is 47.5 Å². The van der Waals surface area contributed by atoms with Crippen molar-refractivity contribution in [3.05, 3.63) is 0 Å². The van der Waals surface area contributed by atoms with Gasteiger partial charge in [-0.05, 0) is 31.8 Å². The molecule has 0 aliphatic carbocycles. The molecule has 0 N–H and O–H groups in total. The number of hydrogen-bond donors (Lipinski definition) is 0. The van der Waals surface area contributed by atoms with Crippen LogP contribution >= 0.6 is 0 Å². The Morgan fingerprint density at radius 2 is 1.83 bits per heavy atom. The van der Waals surface area contributed by atoms with E-state index in [1.165, 1.54) is 19.4 Å². The first-order valence-corrected chi connectivity index (χ1v) is 5.28. The lowest BCUT2D eigenvalue weighted by Crippen LogP contribution is -2.33. The highest BCUT2D eigenvalue weighted by Gasteiger charge is 2.36. The summed E-state index contributed by atoms with van der Waals surface area (Å²) in [5.41, 5.74) is 0.559. The highest BCUT2D eigenvalue weighted by Crippen LogP contribution is 2.36. The van der Waals surface area contributed by atoms with Crippen LogP contribution in [0.15, 0.2) is 0 Å². The molecular formula is C11H25N. The maximum atomic E-state index is 2.49. The van der Waals surface area contributed by atoms with Crippen LogP contribution in [0.4, 0.5) is 0 Å². The summed E-state index contributed by atoms with van der Waals surface area (Å²) >= 11 is 0. The molecule has 1 heterocycles. The molecule has 1 rings (SSSR count). The van der Waals surface area contributed by atoms with Gasteiger partial charge in [0, 0.05) is 6.04 Å². The topological polar surface area (TPSA) is 3.24 Å². The van der Waals surface area contributed by atoms with Crippen molar-refractivity contribution in [2.24, 2.45) is 5.41 Å². The van der Waals surface area contributed by atoms with Gasteiger partial charge in [-0.1, -0.05) is 34.6 Å². The summed E-state index contributed by atoms with van der Waals surface area (Å²) in [5.74, 6) is 0. The Balaban J connectivity index is 0.000000561. The van der Waals surface area contributed by atoms with Crippen LogP contribution < -0.4 is 0 Å². The quantitative estimate of drug-likeness (QED) is 0.586. The van der Waals surface area contributed by atoms with Gasteiger partial charge in [0.15, 0.2) is 0 Å². The molecule has 0 aromatic carbocycles. The number of rotatable bonds is 1. The molecule has 74 valence electrons. The summed E-state index contributed by atoms with van der Waals surface area (Å²) in [5, 5.41) is 0. The molecule has 1 atom stereocenters. The van der Waals surface area contributed by atoms with E-state index in [2.05, 4.69) is 32.7 Å². The van der Waals surface area contributed by atoms with Gasteiger partial charge in [0.25, 0.3) is 0 Å². The molecule has 0 spiro atoms. The molecule has 0 unspecified atom stereocenters. The van der Waals surface area contributed by atoms with Crippen molar-refractivity contribution < 1.29 is 0 Å². The van der Waals surface area contributed by atoms with Crippen molar-refractivity contribution >= 4 is 0 Å². The smallest absolute Gasteiger partial charge is 0.0141 e. The van der Waals surface area contributed by atoms with Crippen LogP contribution in [-0.4, -0.2) is 24.5 Å². The minimum atomic E-state index is 0.559. The van der Waals surface area contributed by atoms with Crippen LogP contribution in [0.25, 0.3) is 0 Å². The number of hydrogen-bond acceptors (Lipinski definition) is 1. The molecule has 1 aliphatic heterocycles. The highest BCUT2D eigenvalue weighted by atomic mass is 15.2. The molecule has 1 fully saturated rings. The second kappa shape index (κ2) is 4.86. The van der Waals surface area contributed by atoms with E-state index in [0.717, 1.165) is 6.04 Å². The predicted molar refractivity (Wildman–Crippen MR) is 56.5 cm³/mol. The minimum absolute atomic E-state index is 0.559. The minimum Gasteiger partial charge on any atom is -0.303 e. The normalized spacial score (nSPS) is 28.0. The Labute approximate surface area is 78.1 Å². The average molecular weight is 171 g/mol. The average Bonchev–Trinajstić information content (AvgIpc) is 2.30. The molecule has 1 heteroatoms. The third-order valence-electron chi connectivity index (χ3n) is 2.93. The van der Waals surface area contributed by atoms with Crippen LogP contribution in [-0.2, 0) is 0 Å². The van der Waals surface area contributed by atoms with Crippen molar-refractivity contribution in [2.75, 3.05) is 13.6 Å². The molecule has 0 bridgehead atoms. The first-order valence-electron chi connectivity index (χ1n) is 5.28. The first-order chi connectivity index (χ1) is 5.58. The third-order valence-corrected chi connectivity index (χ3v) is 2.93. The van der Waals surface area contributed by atoms with Gasteiger partial charge < -0.3 is 4.90 Å². The third kappa shape index (κ3) is 2.48. The van der Waals surface area contributed by atoms with E-state index in [1.807, 2.05) is 13.8 Å². The van der Waals surface area contributed by atoms with E-state index in [4.69, 9.17) is 0 Å². The highest BCUT2D eigenvalue weighted by molar-refractivity contribution is 4.90. The Hall–Kier alpha value is -0.0400. The summed E-state index contributed by atoms with van der Waals surface area (Å²) in [7, 11) is 2.24. The molecule has 12 heavy (non-hydrogen) atoms. The Morgan fingerprint density at radius 3 is 2.00 bits per heavy atom. The molecule has 0 aromatic rings. The van der Waals surface area contributed by atoms with Gasteiger partial charge >= 0.3 is 0 Å². The zero-order valence-electron chi connectivity index (χ0n) is 9.65. The maximum absolute atomic E-state index is 2.49. The molecule has 1 aliphatic rings. The molecule has 0 amide bonds. The van der Waals surface area contributed by atoms with Gasteiger partial charge in [-0.15, -0.1) is 0 Å². The monoisotopic (exact) mass is 171 g/mol. The van der Waals surface area contributed by atoms with Crippen LogP contribution in [0.2, 0.25) is 0 Å². The Bertz CT molecular complexity index is 118. The van der Waals surface area contributed by atoms with Crippen molar-refractivity contribution in [1.82, 2.24) is 4.90 Å². The van der Waals surface area contributed by atoms with E-state index < -0.39 is 0 Å². The van der Waals surface area contributed by atoms with Crippen molar-refractivity contribution in [1.29, 1.82) is 0 Å². The van der Waals surface area contributed by atoms with E-state index in [0.29, 0.717) is 5.41 Å². The summed E-state index contributed by atoms with van der Waals surface area (Å²) in [6.45, 7) is 12.3. The van der Waals surface area contributed by atoms with Gasteiger partial charge in [0.05, 0.1) is 0 Å². The lowest BCUT2D eigenvalue weighted by molar-refractivity contribution is 0.206. The molecule has 0 aromatic heterocycles. The van der Waals surface area contributed by atoms with Gasteiger partial charge in [0.1, 0.15) is 0 Å². The molecule has 0 radical (unpaired) electrons. The zero-order valence-corrected chi connectivity index (χ0v) is 9.65. The molecule has 1 nitrogen and oxygen atoms in total. The Morgan fingerprint density at radius 1 is 1.33 bits per heavy atom. The fraction of sp³-hybridized carbons (Fsp3) is 1.00. The van der Waals surface area contributed by atoms with E-state index in [1.54, 1.807) is 0 Å². The molecule has 1 saturated heterocycles. The summed E-state index contributed by atoms with van der Waals surface area (Å²) < 4.78 is 0. The van der Waals surface area contributed by atoms with Gasteiger partial charge in [0.2, 0.25) is 0 Å². The Kier molecular flexibility index (Phi) is 4.84. The standard InChI is InChI=1S/C9H19N.C2H6/c1-5-8-9(2,3)6-7-10(8)4;1-2/h8H,5-7H2,1-4H3;1-2H3/t8-;/m0./s1. The van der Waals surface area contributed by atoms with Gasteiger partial charge in [-0.3, -0.25) is 0 Å². The van der Waals surface area contributed by atoms with Gasteiger partial charge in [-0.2, -0.15) is 0 Å². The fourth-order valence-electron chi connectivity index (χ4n) is 2.25. The van der Waals surface area contributed by atoms with Crippen LogP contribution in [0.5, 0.6) is 0 Å². The number of likely N-dealkylation sites (tertiary alicyclic amines) is 1. The van der Waals surface area contributed by atoms with Crippen molar-refractivity contribution in [3.63, 3.8) is 0 Å². The van der Waals surface area contributed by atoms with Crippen molar-refractivity contribution in [3.8, 4) is 0 Å². The lowest BCUT2D eigenvalue weighted by atomic mass is 9.83. The van der Waals surface area contributed by atoms with E-state index in [9.17, 15) is 0 Å². The largest absolute Gasteiger partial charge is 0.303 e. The predicted octanol–water partition coefficient (Wildman–Crippen LogP) is 3.15. The maximum Gasteiger partial charge on any atom is 0.0141 e. The summed E-state index contributed by atoms with van der Waals surface area (Å²) in [4.78, 5) is 2.49. The van der Waals surface area contributed by atoms with Crippen LogP contribution in [0.3, 0.4) is 0 Å². The lowest BCUT2D eigenvalue weighted by Gasteiger charge is -2.29. The van der Waals surface area contributed by atoms with E-state index in [-0.39, 0.29) is 0 Å². The first kappa shape index (κ1) is 12.0. The van der Waals surface area contributed by atoms with Crippen molar-refractivity contribution in [2.45, 2.75) is 53.5 Å². The molecule has 0 saturated carbocycles. The summed E-state index contributed by atoms with van der Waals surface area (Å²) in [6, 6.07) is 0.812. The molecular weight excluding hydrogens is 146 g/mol. The van der Waals surface area contributed by atoms with Crippen LogP contribution in [0, 0.1) is 5.41 Å². The second-order valence-electron chi connectivity index (χ2n) is 4.14. The fourth-order valence-corrected chi connectivity index (χ4v) is 2.25. The zero-order chi connectivity index (χ0) is 9.78. The van der Waals surface area contributed by atoms with E-state index >= 15 is 0 Å². The SMILES string of the molecule is CC.CC[C@@H]1N(C)CCC1(C)C.